The third-order valence-electron chi connectivity index (χ3n) is 2.76. The zero-order valence-corrected chi connectivity index (χ0v) is 13.5. The van der Waals surface area contributed by atoms with E-state index in [1.165, 1.54) is 12.1 Å². The lowest BCUT2D eigenvalue weighted by atomic mass is 10.1. The van der Waals surface area contributed by atoms with Gasteiger partial charge in [0.15, 0.2) is 5.78 Å². The number of ether oxygens (including phenoxy) is 1. The molecule has 1 aromatic heterocycles. The number of hydrogen-bond donors (Lipinski definition) is 0. The number of carbonyl (C=O) groups is 1. The van der Waals surface area contributed by atoms with Gasteiger partial charge in [-0.1, -0.05) is 27.5 Å². The average Bonchev–Trinajstić information content (AvgIpc) is 2.50. The lowest BCUT2D eigenvalue weighted by molar-refractivity contribution is 0.101. The van der Waals surface area contributed by atoms with Crippen LogP contribution < -0.4 is 4.74 Å². The van der Waals surface area contributed by atoms with Crippen LogP contribution in [0.15, 0.2) is 30.3 Å². The first-order chi connectivity index (χ1) is 10.1. The number of ketones is 1. The molecule has 0 atom stereocenters. The Kier molecular flexibility index (Phi) is 5.31. The van der Waals surface area contributed by atoms with Crippen LogP contribution in [0.3, 0.4) is 0 Å². The normalized spacial score (nSPS) is 10.5. The SMILES string of the molecule is CCOc1ccc(C(=O)CBr)nc1-c1ccc(F)c(Cl)c1. The van der Waals surface area contributed by atoms with Crippen LogP contribution in [-0.4, -0.2) is 22.7 Å². The van der Waals surface area contributed by atoms with Crippen LogP contribution in [0.25, 0.3) is 11.3 Å². The van der Waals surface area contributed by atoms with Gasteiger partial charge in [-0.2, -0.15) is 0 Å². The molecular weight excluding hydrogens is 361 g/mol. The molecule has 2 rings (SSSR count). The van der Waals surface area contributed by atoms with Gasteiger partial charge in [0, 0.05) is 5.56 Å². The Labute approximate surface area is 135 Å². The largest absolute Gasteiger partial charge is 0.492 e. The van der Waals surface area contributed by atoms with Crippen LogP contribution in [0.5, 0.6) is 5.75 Å². The van der Waals surface area contributed by atoms with Gasteiger partial charge in [-0.25, -0.2) is 9.37 Å². The molecule has 21 heavy (non-hydrogen) atoms. The molecule has 0 amide bonds. The minimum absolute atomic E-state index is 0.00558. The molecule has 0 aliphatic heterocycles. The van der Waals surface area contributed by atoms with Crippen LogP contribution in [0.4, 0.5) is 4.39 Å². The number of alkyl halides is 1. The van der Waals surface area contributed by atoms with E-state index in [0.717, 1.165) is 0 Å². The summed E-state index contributed by atoms with van der Waals surface area (Å²) in [6.45, 7) is 2.30. The number of halogens is 3. The number of benzene rings is 1. The lowest BCUT2D eigenvalue weighted by Gasteiger charge is -2.11. The van der Waals surface area contributed by atoms with Crippen molar-refractivity contribution in [2.45, 2.75) is 6.92 Å². The van der Waals surface area contributed by atoms with E-state index in [1.54, 1.807) is 18.2 Å². The third-order valence-corrected chi connectivity index (χ3v) is 3.56. The van der Waals surface area contributed by atoms with Gasteiger partial charge in [0.05, 0.1) is 17.0 Å². The van der Waals surface area contributed by atoms with Crippen molar-refractivity contribution in [2.75, 3.05) is 11.9 Å². The summed E-state index contributed by atoms with van der Waals surface area (Å²) in [6, 6.07) is 7.55. The molecule has 0 saturated heterocycles. The van der Waals surface area contributed by atoms with Crippen LogP contribution in [0, 0.1) is 5.82 Å². The van der Waals surface area contributed by atoms with Gasteiger partial charge < -0.3 is 4.74 Å². The highest BCUT2D eigenvalue weighted by molar-refractivity contribution is 9.09. The highest BCUT2D eigenvalue weighted by Gasteiger charge is 2.14. The maximum atomic E-state index is 13.3. The quantitative estimate of drug-likeness (QED) is 0.572. The standard InChI is InChI=1S/C15H12BrClFNO2/c1-2-21-14-6-5-12(13(20)8-16)19-15(14)9-3-4-11(18)10(17)7-9/h3-7H,2,8H2,1H3. The van der Waals surface area contributed by atoms with Gasteiger partial charge in [-0.05, 0) is 37.3 Å². The molecule has 1 aromatic carbocycles. The van der Waals surface area contributed by atoms with E-state index in [1.807, 2.05) is 6.92 Å². The third kappa shape index (κ3) is 3.60. The number of nitrogens with zero attached hydrogens (tertiary/aromatic N) is 1. The van der Waals surface area contributed by atoms with Crippen molar-refractivity contribution >= 4 is 33.3 Å². The molecule has 0 unspecified atom stereocenters. The van der Waals surface area contributed by atoms with E-state index < -0.39 is 5.82 Å². The van der Waals surface area contributed by atoms with E-state index in [2.05, 4.69) is 20.9 Å². The van der Waals surface area contributed by atoms with Gasteiger partial charge in [0.2, 0.25) is 0 Å². The molecule has 0 bridgehead atoms. The second-order valence-corrected chi connectivity index (χ2v) is 5.13. The number of Topliss-reactive ketones (excluding diaryl/α,β-unsaturated/α-hetero) is 1. The van der Waals surface area contributed by atoms with Gasteiger partial charge in [0.1, 0.15) is 23.0 Å². The zero-order valence-electron chi connectivity index (χ0n) is 11.2. The fraction of sp³-hybridized carbons (Fsp3) is 0.200. The van der Waals surface area contributed by atoms with Crippen molar-refractivity contribution in [3.05, 3.63) is 46.9 Å². The molecule has 0 N–H and O–H groups in total. The van der Waals surface area contributed by atoms with Gasteiger partial charge in [-0.15, -0.1) is 0 Å². The predicted octanol–water partition coefficient (Wildman–Crippen LogP) is 4.52. The summed E-state index contributed by atoms with van der Waals surface area (Å²) in [5, 5.41) is 0.173. The topological polar surface area (TPSA) is 39.2 Å². The fourth-order valence-electron chi connectivity index (χ4n) is 1.79. The molecule has 2 aromatic rings. The molecule has 0 aliphatic carbocycles. The van der Waals surface area contributed by atoms with Crippen molar-refractivity contribution in [1.29, 1.82) is 0 Å². The van der Waals surface area contributed by atoms with Crippen LogP contribution in [-0.2, 0) is 0 Å². The molecule has 1 heterocycles. The fourth-order valence-corrected chi connectivity index (χ4v) is 2.26. The summed E-state index contributed by atoms with van der Waals surface area (Å²) in [7, 11) is 0. The summed E-state index contributed by atoms with van der Waals surface area (Å²) in [5.74, 6) is -0.134. The van der Waals surface area contributed by atoms with E-state index in [9.17, 15) is 9.18 Å². The number of carbonyl (C=O) groups excluding carboxylic acids is 1. The maximum Gasteiger partial charge on any atom is 0.191 e. The van der Waals surface area contributed by atoms with E-state index in [-0.39, 0.29) is 16.1 Å². The van der Waals surface area contributed by atoms with E-state index >= 15 is 0 Å². The average molecular weight is 373 g/mol. The van der Waals surface area contributed by atoms with Crippen LogP contribution in [0.1, 0.15) is 17.4 Å². The first-order valence-corrected chi connectivity index (χ1v) is 7.75. The Morgan fingerprint density at radius 1 is 1.38 bits per heavy atom. The first kappa shape index (κ1) is 15.9. The minimum atomic E-state index is -0.508. The summed E-state index contributed by atoms with van der Waals surface area (Å²) in [4.78, 5) is 16.1. The molecule has 0 radical (unpaired) electrons. The predicted molar refractivity (Wildman–Crippen MR) is 83.9 cm³/mol. The van der Waals surface area contributed by atoms with Gasteiger partial charge in [0.25, 0.3) is 0 Å². The molecular formula is C15H12BrClFNO2. The number of rotatable bonds is 5. The summed E-state index contributed by atoms with van der Waals surface area (Å²) in [5.41, 5.74) is 1.37. The van der Waals surface area contributed by atoms with Crippen molar-refractivity contribution in [2.24, 2.45) is 0 Å². The van der Waals surface area contributed by atoms with Crippen LogP contribution >= 0.6 is 27.5 Å². The molecule has 110 valence electrons. The smallest absolute Gasteiger partial charge is 0.191 e. The van der Waals surface area contributed by atoms with Gasteiger partial charge >= 0.3 is 0 Å². The molecule has 0 spiro atoms. The Morgan fingerprint density at radius 3 is 2.76 bits per heavy atom. The highest BCUT2D eigenvalue weighted by atomic mass is 79.9. The highest BCUT2D eigenvalue weighted by Crippen LogP contribution is 2.31. The van der Waals surface area contributed by atoms with E-state index in [4.69, 9.17) is 16.3 Å². The number of aromatic nitrogens is 1. The Morgan fingerprint density at radius 2 is 2.14 bits per heavy atom. The van der Waals surface area contributed by atoms with Crippen molar-refractivity contribution in [3.63, 3.8) is 0 Å². The minimum Gasteiger partial charge on any atom is -0.492 e. The van der Waals surface area contributed by atoms with E-state index in [0.29, 0.717) is 29.3 Å². The molecule has 0 fully saturated rings. The van der Waals surface area contributed by atoms with Crippen molar-refractivity contribution in [1.82, 2.24) is 4.98 Å². The zero-order chi connectivity index (χ0) is 15.4. The second-order valence-electron chi connectivity index (χ2n) is 4.16. The van der Waals surface area contributed by atoms with Crippen molar-refractivity contribution < 1.29 is 13.9 Å². The maximum absolute atomic E-state index is 13.3. The van der Waals surface area contributed by atoms with Gasteiger partial charge in [-0.3, -0.25) is 4.79 Å². The summed E-state index contributed by atoms with van der Waals surface area (Å²) >= 11 is 8.92. The summed E-state index contributed by atoms with van der Waals surface area (Å²) in [6.07, 6.45) is 0. The Bertz CT molecular complexity index is 679. The number of pyridine rings is 1. The Balaban J connectivity index is 2.56. The Hall–Kier alpha value is -1.46. The lowest BCUT2D eigenvalue weighted by Crippen LogP contribution is -2.05. The monoisotopic (exact) mass is 371 g/mol. The molecule has 0 saturated carbocycles. The molecule has 0 aliphatic rings. The second kappa shape index (κ2) is 7.00. The molecule has 6 heteroatoms. The number of hydrogen-bond acceptors (Lipinski definition) is 3. The molecule has 3 nitrogen and oxygen atoms in total. The van der Waals surface area contributed by atoms with Crippen molar-refractivity contribution in [3.8, 4) is 17.0 Å². The first-order valence-electron chi connectivity index (χ1n) is 6.25. The summed E-state index contributed by atoms with van der Waals surface area (Å²) < 4.78 is 18.8. The van der Waals surface area contributed by atoms with Crippen LogP contribution in [0.2, 0.25) is 5.02 Å².